The molecule has 0 bridgehead atoms. The van der Waals surface area contributed by atoms with Crippen molar-refractivity contribution in [1.82, 2.24) is 15.5 Å². The van der Waals surface area contributed by atoms with Crippen LogP contribution in [0.1, 0.15) is 12.8 Å². The largest absolute Gasteiger partial charge is 0.463 e. The lowest BCUT2D eigenvalue weighted by atomic mass is 10.1. The molecule has 0 unspecified atom stereocenters. The third-order valence-corrected chi connectivity index (χ3v) is 3.78. The summed E-state index contributed by atoms with van der Waals surface area (Å²) >= 11 is 0. The minimum Gasteiger partial charge on any atom is -0.463 e. The van der Waals surface area contributed by atoms with E-state index < -0.39 is 17.9 Å². The average molecular weight is 460 g/mol. The first-order valence-corrected chi connectivity index (χ1v) is 10.4. The minimum absolute atomic E-state index is 0.0330. The van der Waals surface area contributed by atoms with E-state index in [0.717, 1.165) is 0 Å². The van der Waals surface area contributed by atoms with Crippen molar-refractivity contribution in [3.05, 3.63) is 0 Å². The van der Waals surface area contributed by atoms with Crippen molar-refractivity contribution in [3.8, 4) is 12.3 Å². The number of methoxy groups -OCH3 is 1. The molecule has 2 amide bonds. The van der Waals surface area contributed by atoms with Gasteiger partial charge in [0.15, 0.2) is 0 Å². The van der Waals surface area contributed by atoms with Crippen LogP contribution in [0, 0.1) is 12.3 Å². The van der Waals surface area contributed by atoms with Crippen LogP contribution < -0.4 is 10.6 Å². The highest BCUT2D eigenvalue weighted by molar-refractivity contribution is 5.88. The highest BCUT2D eigenvalue weighted by Crippen LogP contribution is 2.01. The maximum absolute atomic E-state index is 12.2. The number of amides is 2. The first-order valence-electron chi connectivity index (χ1n) is 10.4. The second kappa shape index (κ2) is 20.7. The lowest BCUT2D eigenvalue weighted by Gasteiger charge is -2.19. The first kappa shape index (κ1) is 29.8. The van der Waals surface area contributed by atoms with Gasteiger partial charge in [-0.3, -0.25) is 14.4 Å². The molecule has 184 valence electrons. The number of terminal acetylenes is 1. The Hall–Kier alpha value is -2.23. The van der Waals surface area contributed by atoms with Crippen LogP contribution in [0.5, 0.6) is 0 Å². The molecule has 0 saturated heterocycles. The number of carbonyl (C=O) groups excluding carboxylic acids is 3. The van der Waals surface area contributed by atoms with Crippen LogP contribution >= 0.6 is 0 Å². The Morgan fingerprint density at radius 1 is 0.938 bits per heavy atom. The average Bonchev–Trinajstić information content (AvgIpc) is 2.75. The maximum Gasteiger partial charge on any atom is 0.305 e. The Morgan fingerprint density at radius 3 is 2.03 bits per heavy atom. The number of ether oxygens (including phenoxy) is 5. The predicted octanol–water partition coefficient (Wildman–Crippen LogP) is -1.20. The molecule has 11 nitrogen and oxygen atoms in total. The Labute approximate surface area is 190 Å². The van der Waals surface area contributed by atoms with Crippen LogP contribution in [0.3, 0.4) is 0 Å². The second-order valence-corrected chi connectivity index (χ2v) is 6.87. The highest BCUT2D eigenvalue weighted by atomic mass is 16.6. The van der Waals surface area contributed by atoms with Crippen LogP contribution in [-0.2, 0) is 38.1 Å². The molecule has 0 fully saturated rings. The molecule has 0 saturated carbocycles. The smallest absolute Gasteiger partial charge is 0.305 e. The highest BCUT2D eigenvalue weighted by Gasteiger charge is 2.22. The summed E-state index contributed by atoms with van der Waals surface area (Å²) in [5, 5.41) is 5.11. The number of nitrogens with one attached hydrogen (secondary N) is 2. The van der Waals surface area contributed by atoms with E-state index in [0.29, 0.717) is 39.6 Å². The summed E-state index contributed by atoms with van der Waals surface area (Å²) in [4.78, 5) is 37.7. The molecule has 2 N–H and O–H groups in total. The van der Waals surface area contributed by atoms with Gasteiger partial charge in [0.25, 0.3) is 0 Å². The van der Waals surface area contributed by atoms with Gasteiger partial charge < -0.3 is 39.2 Å². The number of nitrogens with zero attached hydrogens (tertiary/aromatic N) is 1. The van der Waals surface area contributed by atoms with Crippen molar-refractivity contribution in [2.75, 3.05) is 87.1 Å². The van der Waals surface area contributed by atoms with Crippen molar-refractivity contribution in [1.29, 1.82) is 0 Å². The fraction of sp³-hybridized carbons (Fsp3) is 0.762. The Morgan fingerprint density at radius 2 is 1.50 bits per heavy atom. The van der Waals surface area contributed by atoms with Gasteiger partial charge in [0.05, 0.1) is 59.3 Å². The Kier molecular flexibility index (Phi) is 19.2. The van der Waals surface area contributed by atoms with Gasteiger partial charge in [0, 0.05) is 13.5 Å². The quantitative estimate of drug-likeness (QED) is 0.131. The van der Waals surface area contributed by atoms with Crippen molar-refractivity contribution >= 4 is 17.8 Å². The van der Waals surface area contributed by atoms with E-state index in [2.05, 4.69) is 16.6 Å². The number of hydrogen-bond acceptors (Lipinski definition) is 9. The number of hydrogen-bond donors (Lipinski definition) is 2. The molecule has 0 aromatic carbocycles. The summed E-state index contributed by atoms with van der Waals surface area (Å²) in [6.07, 6.45) is 5.19. The fourth-order valence-electron chi connectivity index (χ4n) is 2.29. The van der Waals surface area contributed by atoms with Crippen LogP contribution in [0.25, 0.3) is 0 Å². The van der Waals surface area contributed by atoms with Crippen molar-refractivity contribution < 1.29 is 38.1 Å². The van der Waals surface area contributed by atoms with Crippen molar-refractivity contribution in [2.24, 2.45) is 0 Å². The molecule has 0 aromatic heterocycles. The number of esters is 1. The third kappa shape index (κ3) is 18.5. The number of likely N-dealkylation sites (N-methyl/N-ethyl adjacent to an activating group) is 1. The molecule has 0 radical (unpaired) electrons. The van der Waals surface area contributed by atoms with Crippen LogP contribution in [0.15, 0.2) is 0 Å². The molecule has 0 aliphatic rings. The molecule has 0 aliphatic carbocycles. The predicted molar refractivity (Wildman–Crippen MR) is 117 cm³/mol. The van der Waals surface area contributed by atoms with Gasteiger partial charge in [-0.25, -0.2) is 0 Å². The minimum atomic E-state index is -0.879. The van der Waals surface area contributed by atoms with Crippen LogP contribution in [0.4, 0.5) is 0 Å². The lowest BCUT2D eigenvalue weighted by Crippen LogP contribution is -2.49. The van der Waals surface area contributed by atoms with E-state index in [1.54, 1.807) is 26.1 Å². The van der Waals surface area contributed by atoms with Crippen LogP contribution in [-0.4, -0.2) is 116 Å². The van der Waals surface area contributed by atoms with Gasteiger partial charge in [-0.2, -0.15) is 0 Å². The monoisotopic (exact) mass is 459 g/mol. The summed E-state index contributed by atoms with van der Waals surface area (Å²) in [6, 6.07) is -0.879. The van der Waals surface area contributed by atoms with E-state index in [1.165, 1.54) is 0 Å². The van der Waals surface area contributed by atoms with Crippen LogP contribution in [0.2, 0.25) is 0 Å². The van der Waals surface area contributed by atoms with Gasteiger partial charge in [0.2, 0.25) is 11.8 Å². The molecule has 0 rings (SSSR count). The SMILES string of the molecule is C#CCNC(=O)[C@H](CCC(=O)OCCOCCOCCOCCOC)NC(=O)CN(C)C. The summed E-state index contributed by atoms with van der Waals surface area (Å²) in [6.45, 7) is 3.25. The molecular weight excluding hydrogens is 422 g/mol. The lowest BCUT2D eigenvalue weighted by molar-refractivity contribution is -0.146. The van der Waals surface area contributed by atoms with E-state index in [-0.39, 0.29) is 45.1 Å². The molecular formula is C21H37N3O8. The zero-order valence-corrected chi connectivity index (χ0v) is 19.4. The Balaban J connectivity index is 3.96. The third-order valence-electron chi connectivity index (χ3n) is 3.78. The second-order valence-electron chi connectivity index (χ2n) is 6.87. The van der Waals surface area contributed by atoms with Gasteiger partial charge in [-0.1, -0.05) is 5.92 Å². The van der Waals surface area contributed by atoms with E-state index in [4.69, 9.17) is 30.1 Å². The number of rotatable bonds is 20. The van der Waals surface area contributed by atoms with Gasteiger partial charge >= 0.3 is 5.97 Å². The molecule has 0 aliphatic heterocycles. The molecule has 0 heterocycles. The van der Waals surface area contributed by atoms with Gasteiger partial charge in [-0.15, -0.1) is 6.42 Å². The molecule has 0 aromatic rings. The molecule has 1 atom stereocenters. The van der Waals surface area contributed by atoms with E-state index in [9.17, 15) is 14.4 Å². The fourth-order valence-corrected chi connectivity index (χ4v) is 2.29. The normalized spacial score (nSPS) is 11.6. The zero-order valence-electron chi connectivity index (χ0n) is 19.4. The molecule has 0 spiro atoms. The molecule has 32 heavy (non-hydrogen) atoms. The van der Waals surface area contributed by atoms with Crippen molar-refractivity contribution in [3.63, 3.8) is 0 Å². The summed E-state index contributed by atoms with van der Waals surface area (Å²) in [5.74, 6) is 1.02. The Bertz CT molecular complexity index is 566. The van der Waals surface area contributed by atoms with Crippen molar-refractivity contribution in [2.45, 2.75) is 18.9 Å². The van der Waals surface area contributed by atoms with E-state index in [1.807, 2.05) is 0 Å². The molecule has 11 heteroatoms. The van der Waals surface area contributed by atoms with Gasteiger partial charge in [0.1, 0.15) is 12.6 Å². The summed E-state index contributed by atoms with van der Waals surface area (Å²) in [5.41, 5.74) is 0. The maximum atomic E-state index is 12.2. The summed E-state index contributed by atoms with van der Waals surface area (Å²) < 4.78 is 25.8. The van der Waals surface area contributed by atoms with Gasteiger partial charge in [-0.05, 0) is 20.5 Å². The summed E-state index contributed by atoms with van der Waals surface area (Å²) in [7, 11) is 5.08. The zero-order chi connectivity index (χ0) is 24.0. The first-order chi connectivity index (χ1) is 15.4. The number of carbonyl (C=O) groups is 3. The van der Waals surface area contributed by atoms with E-state index >= 15 is 0 Å². The topological polar surface area (TPSA) is 125 Å². The standard InChI is InChI=1S/C21H37N3O8/c1-5-8-22-21(27)18(23-19(25)17-24(2)3)6-7-20(26)32-16-15-31-14-13-30-12-11-29-10-9-28-4/h1,18H,6-17H2,2-4H3,(H,22,27)(H,23,25)/t18-/m0/s1.